The Bertz CT molecular complexity index is 907. The Morgan fingerprint density at radius 2 is 1.88 bits per heavy atom. The van der Waals surface area contributed by atoms with Crippen LogP contribution in [0.2, 0.25) is 0 Å². The van der Waals surface area contributed by atoms with Crippen LogP contribution in [0.1, 0.15) is 11.8 Å². The first kappa shape index (κ1) is 16.3. The van der Waals surface area contributed by atoms with Crippen LogP contribution < -0.4 is 4.74 Å². The SMILES string of the molecule is O=C(COc1ccccc1F)N1CC(c2nc(-c3ccccc3)no2)C1. The standard InChI is InChI=1S/C19H16FN3O3/c20-15-8-4-5-9-16(15)25-12-17(24)23-10-14(11-23)19-21-18(22-26-19)13-6-2-1-3-7-13/h1-9,14H,10-12H2. The molecule has 132 valence electrons. The minimum absolute atomic E-state index is 0.0115. The lowest BCUT2D eigenvalue weighted by molar-refractivity contribution is -0.138. The molecule has 3 aromatic rings. The Hall–Kier alpha value is -3.22. The molecule has 0 spiro atoms. The number of hydrogen-bond acceptors (Lipinski definition) is 5. The van der Waals surface area contributed by atoms with Gasteiger partial charge in [-0.1, -0.05) is 47.6 Å². The number of rotatable bonds is 5. The van der Waals surface area contributed by atoms with Crippen LogP contribution in [0.15, 0.2) is 59.1 Å². The van der Waals surface area contributed by atoms with Gasteiger partial charge in [-0.3, -0.25) is 4.79 Å². The van der Waals surface area contributed by atoms with E-state index in [1.807, 2.05) is 30.3 Å². The number of amides is 1. The van der Waals surface area contributed by atoms with E-state index in [1.165, 1.54) is 12.1 Å². The maximum absolute atomic E-state index is 13.5. The molecule has 0 atom stereocenters. The highest BCUT2D eigenvalue weighted by molar-refractivity contribution is 5.78. The Kier molecular flexibility index (Phi) is 4.35. The Morgan fingerprint density at radius 1 is 1.15 bits per heavy atom. The summed E-state index contributed by atoms with van der Waals surface area (Å²) in [7, 11) is 0. The third kappa shape index (κ3) is 3.28. The van der Waals surface area contributed by atoms with E-state index >= 15 is 0 Å². The van der Waals surface area contributed by atoms with Crippen molar-refractivity contribution in [2.75, 3.05) is 19.7 Å². The smallest absolute Gasteiger partial charge is 0.260 e. The molecule has 0 saturated carbocycles. The second-order valence-electron chi connectivity index (χ2n) is 6.04. The summed E-state index contributed by atoms with van der Waals surface area (Å²) in [5, 5.41) is 3.99. The lowest BCUT2D eigenvalue weighted by atomic mass is 10.0. The monoisotopic (exact) mass is 353 g/mol. The number of halogens is 1. The van der Waals surface area contributed by atoms with Gasteiger partial charge in [-0.25, -0.2) is 4.39 Å². The van der Waals surface area contributed by atoms with Crippen molar-refractivity contribution in [3.63, 3.8) is 0 Å². The van der Waals surface area contributed by atoms with Gasteiger partial charge in [0.25, 0.3) is 5.91 Å². The third-order valence-corrected chi connectivity index (χ3v) is 4.25. The van der Waals surface area contributed by atoms with Gasteiger partial charge in [-0.15, -0.1) is 0 Å². The molecule has 0 radical (unpaired) electrons. The third-order valence-electron chi connectivity index (χ3n) is 4.25. The number of hydrogen-bond donors (Lipinski definition) is 0. The minimum atomic E-state index is -0.485. The van der Waals surface area contributed by atoms with E-state index in [0.29, 0.717) is 24.8 Å². The molecule has 0 N–H and O–H groups in total. The lowest BCUT2D eigenvalue weighted by Gasteiger charge is -2.36. The van der Waals surface area contributed by atoms with E-state index in [0.717, 1.165) is 5.56 Å². The molecule has 1 saturated heterocycles. The summed E-state index contributed by atoms with van der Waals surface area (Å²) >= 11 is 0. The molecule has 2 aromatic carbocycles. The van der Waals surface area contributed by atoms with Gasteiger partial charge in [-0.05, 0) is 12.1 Å². The molecule has 7 heteroatoms. The molecule has 1 amide bonds. The summed E-state index contributed by atoms with van der Waals surface area (Å²) in [6.07, 6.45) is 0. The number of para-hydroxylation sites is 1. The molecule has 1 aromatic heterocycles. The van der Waals surface area contributed by atoms with Crippen LogP contribution in [-0.2, 0) is 4.79 Å². The van der Waals surface area contributed by atoms with E-state index in [4.69, 9.17) is 9.26 Å². The fraction of sp³-hybridized carbons (Fsp3) is 0.211. The van der Waals surface area contributed by atoms with Gasteiger partial charge in [0.15, 0.2) is 18.2 Å². The normalized spacial score (nSPS) is 14.1. The van der Waals surface area contributed by atoms with Crippen LogP contribution >= 0.6 is 0 Å². The number of carbonyl (C=O) groups excluding carboxylic acids is 1. The topological polar surface area (TPSA) is 68.5 Å². The van der Waals surface area contributed by atoms with Crippen molar-refractivity contribution < 1.29 is 18.4 Å². The molecule has 2 heterocycles. The van der Waals surface area contributed by atoms with Crippen LogP contribution in [0, 0.1) is 5.82 Å². The maximum atomic E-state index is 13.5. The molecule has 1 aliphatic heterocycles. The zero-order valence-electron chi connectivity index (χ0n) is 13.8. The van der Waals surface area contributed by atoms with Crippen LogP contribution in [0.5, 0.6) is 5.75 Å². The first-order chi connectivity index (χ1) is 12.7. The van der Waals surface area contributed by atoms with Crippen molar-refractivity contribution >= 4 is 5.91 Å². The quantitative estimate of drug-likeness (QED) is 0.705. The molecule has 6 nitrogen and oxygen atoms in total. The number of aromatic nitrogens is 2. The van der Waals surface area contributed by atoms with Crippen LogP contribution in [0.3, 0.4) is 0 Å². The molecule has 0 unspecified atom stereocenters. The van der Waals surface area contributed by atoms with Crippen LogP contribution in [0.4, 0.5) is 4.39 Å². The zero-order valence-corrected chi connectivity index (χ0v) is 13.8. The van der Waals surface area contributed by atoms with E-state index in [-0.39, 0.29) is 24.2 Å². The first-order valence-electron chi connectivity index (χ1n) is 8.25. The highest BCUT2D eigenvalue weighted by Gasteiger charge is 2.35. The average molecular weight is 353 g/mol. The van der Waals surface area contributed by atoms with Crippen molar-refractivity contribution in [3.05, 3.63) is 66.3 Å². The fourth-order valence-corrected chi connectivity index (χ4v) is 2.74. The summed E-state index contributed by atoms with van der Waals surface area (Å²) in [6, 6.07) is 15.6. The minimum Gasteiger partial charge on any atom is -0.481 e. The van der Waals surface area contributed by atoms with Gasteiger partial charge in [-0.2, -0.15) is 4.98 Å². The maximum Gasteiger partial charge on any atom is 0.260 e. The van der Waals surface area contributed by atoms with Gasteiger partial charge in [0.2, 0.25) is 11.7 Å². The van der Waals surface area contributed by atoms with Crippen molar-refractivity contribution in [1.29, 1.82) is 0 Å². The number of ether oxygens (including phenoxy) is 1. The van der Waals surface area contributed by atoms with Crippen LogP contribution in [-0.4, -0.2) is 40.6 Å². The van der Waals surface area contributed by atoms with Crippen molar-refractivity contribution in [2.45, 2.75) is 5.92 Å². The lowest BCUT2D eigenvalue weighted by Crippen LogP contribution is -2.50. The second-order valence-corrected chi connectivity index (χ2v) is 6.04. The van der Waals surface area contributed by atoms with E-state index in [1.54, 1.807) is 17.0 Å². The predicted octanol–water partition coefficient (Wildman–Crippen LogP) is 2.88. The van der Waals surface area contributed by atoms with Crippen molar-refractivity contribution in [1.82, 2.24) is 15.0 Å². The Morgan fingerprint density at radius 3 is 2.65 bits per heavy atom. The summed E-state index contributed by atoms with van der Waals surface area (Å²) in [5.41, 5.74) is 0.882. The van der Waals surface area contributed by atoms with Gasteiger partial charge in [0.1, 0.15) is 0 Å². The number of benzene rings is 2. The second kappa shape index (κ2) is 6.95. The van der Waals surface area contributed by atoms with Gasteiger partial charge in [0, 0.05) is 18.7 Å². The van der Waals surface area contributed by atoms with E-state index < -0.39 is 5.82 Å². The Labute approximate surface area is 149 Å². The molecular formula is C19H16FN3O3. The summed E-state index contributed by atoms with van der Waals surface area (Å²) in [4.78, 5) is 18.2. The van der Waals surface area contributed by atoms with Gasteiger partial charge >= 0.3 is 0 Å². The van der Waals surface area contributed by atoms with Crippen LogP contribution in [0.25, 0.3) is 11.4 Å². The number of likely N-dealkylation sites (tertiary alicyclic amines) is 1. The summed E-state index contributed by atoms with van der Waals surface area (Å²) < 4.78 is 24.0. The predicted molar refractivity (Wildman–Crippen MR) is 91.0 cm³/mol. The first-order valence-corrected chi connectivity index (χ1v) is 8.25. The van der Waals surface area contributed by atoms with E-state index in [9.17, 15) is 9.18 Å². The van der Waals surface area contributed by atoms with E-state index in [2.05, 4.69) is 10.1 Å². The summed E-state index contributed by atoms with van der Waals surface area (Å²) in [5.74, 6) is 0.448. The van der Waals surface area contributed by atoms with Crippen molar-refractivity contribution in [3.8, 4) is 17.1 Å². The molecule has 0 aliphatic carbocycles. The Balaban J connectivity index is 1.31. The molecule has 1 fully saturated rings. The fourth-order valence-electron chi connectivity index (χ4n) is 2.74. The van der Waals surface area contributed by atoms with Crippen molar-refractivity contribution in [2.24, 2.45) is 0 Å². The number of carbonyl (C=O) groups is 1. The highest BCUT2D eigenvalue weighted by Crippen LogP contribution is 2.27. The number of nitrogens with zero attached hydrogens (tertiary/aromatic N) is 3. The highest BCUT2D eigenvalue weighted by atomic mass is 19.1. The molecule has 26 heavy (non-hydrogen) atoms. The average Bonchev–Trinajstić information content (AvgIpc) is 3.10. The molecule has 1 aliphatic rings. The van der Waals surface area contributed by atoms with Gasteiger partial charge < -0.3 is 14.2 Å². The van der Waals surface area contributed by atoms with Gasteiger partial charge in [0.05, 0.1) is 5.92 Å². The largest absolute Gasteiger partial charge is 0.481 e. The molecule has 4 rings (SSSR count). The molecule has 0 bridgehead atoms. The summed E-state index contributed by atoms with van der Waals surface area (Å²) in [6.45, 7) is 0.762. The molecular weight excluding hydrogens is 337 g/mol. The zero-order chi connectivity index (χ0) is 17.9.